The summed E-state index contributed by atoms with van der Waals surface area (Å²) in [6.07, 6.45) is 9.51. The van der Waals surface area contributed by atoms with Crippen LogP contribution in [0.1, 0.15) is 53.9 Å². The molecule has 0 saturated carbocycles. The van der Waals surface area contributed by atoms with Crippen molar-refractivity contribution >= 4 is 22.3 Å². The summed E-state index contributed by atoms with van der Waals surface area (Å²) in [5, 5.41) is 2.67. The minimum atomic E-state index is 0.0135. The maximum atomic E-state index is 13.7. The summed E-state index contributed by atoms with van der Waals surface area (Å²) in [6.45, 7) is 3.96. The van der Waals surface area contributed by atoms with Gasteiger partial charge in [0.2, 0.25) is 5.91 Å². The molecule has 1 saturated heterocycles. The van der Waals surface area contributed by atoms with Crippen LogP contribution in [0.2, 0.25) is 0 Å². The second-order valence-electron chi connectivity index (χ2n) is 9.90. The number of rotatable bonds is 2. The fourth-order valence-corrected chi connectivity index (χ4v) is 6.37. The summed E-state index contributed by atoms with van der Waals surface area (Å²) in [7, 11) is 0. The standard InChI is InChI=1S/C31H31NO/c1-21-7-2-4-9-24(21)23-17-19-32(20-18-23)31(33)30-12-6-11-26-28-14-13-22-8-3-5-10-25(22)27(28)15-16-29(26)30/h2-11,13-14,23,30H,12,15-20H2,1H3. The van der Waals surface area contributed by atoms with Crippen LogP contribution >= 0.6 is 0 Å². The minimum absolute atomic E-state index is 0.0135. The van der Waals surface area contributed by atoms with E-state index in [1.165, 1.54) is 44.2 Å². The molecule has 0 N–H and O–H groups in total. The van der Waals surface area contributed by atoms with Crippen molar-refractivity contribution in [3.63, 3.8) is 0 Å². The Hall–Kier alpha value is -3.13. The first-order chi connectivity index (χ1) is 16.2. The average Bonchev–Trinajstić information content (AvgIpc) is 2.88. The molecule has 0 bridgehead atoms. The van der Waals surface area contributed by atoms with Crippen molar-refractivity contribution in [1.29, 1.82) is 0 Å². The molecule has 1 amide bonds. The maximum absolute atomic E-state index is 13.7. The zero-order valence-corrected chi connectivity index (χ0v) is 19.4. The Balaban J connectivity index is 1.24. The van der Waals surface area contributed by atoms with E-state index in [1.807, 2.05) is 0 Å². The van der Waals surface area contributed by atoms with Crippen LogP contribution in [0, 0.1) is 12.8 Å². The molecule has 3 aliphatic rings. The summed E-state index contributed by atoms with van der Waals surface area (Å²) in [4.78, 5) is 15.9. The van der Waals surface area contributed by atoms with Gasteiger partial charge in [0.25, 0.3) is 0 Å². The zero-order valence-electron chi connectivity index (χ0n) is 19.4. The molecule has 0 spiro atoms. The van der Waals surface area contributed by atoms with Crippen LogP contribution in [0.5, 0.6) is 0 Å². The maximum Gasteiger partial charge on any atom is 0.230 e. The van der Waals surface area contributed by atoms with Gasteiger partial charge >= 0.3 is 0 Å². The first-order valence-electron chi connectivity index (χ1n) is 12.5. The van der Waals surface area contributed by atoms with E-state index in [4.69, 9.17) is 0 Å². The molecule has 1 aliphatic heterocycles. The Bertz CT molecular complexity index is 1290. The normalized spacial score (nSPS) is 20.6. The second kappa shape index (κ2) is 8.33. The predicted octanol–water partition coefficient (Wildman–Crippen LogP) is 6.83. The lowest BCUT2D eigenvalue weighted by molar-refractivity contribution is -0.135. The number of nitrogens with zero attached hydrogens (tertiary/aromatic N) is 1. The smallest absolute Gasteiger partial charge is 0.230 e. The number of allylic oxidation sites excluding steroid dienone is 3. The lowest BCUT2D eigenvalue weighted by atomic mass is 9.74. The second-order valence-corrected chi connectivity index (χ2v) is 9.90. The minimum Gasteiger partial charge on any atom is -0.342 e. The van der Waals surface area contributed by atoms with Crippen LogP contribution in [-0.2, 0) is 11.2 Å². The van der Waals surface area contributed by atoms with Crippen LogP contribution in [0.15, 0.2) is 78.4 Å². The highest BCUT2D eigenvalue weighted by molar-refractivity contribution is 5.96. The van der Waals surface area contributed by atoms with Crippen molar-refractivity contribution in [3.05, 3.63) is 101 Å². The van der Waals surface area contributed by atoms with Crippen LogP contribution in [0.3, 0.4) is 0 Å². The van der Waals surface area contributed by atoms with E-state index >= 15 is 0 Å². The molecule has 3 aromatic rings. The van der Waals surface area contributed by atoms with Gasteiger partial charge in [0.15, 0.2) is 0 Å². The number of amides is 1. The molecule has 1 fully saturated rings. The molecule has 1 unspecified atom stereocenters. The molecule has 2 heteroatoms. The molecule has 6 rings (SSSR count). The highest BCUT2D eigenvalue weighted by Gasteiger charge is 2.34. The van der Waals surface area contributed by atoms with E-state index in [2.05, 4.69) is 84.6 Å². The fraction of sp³-hybridized carbons (Fsp3) is 0.323. The number of hydrogen-bond acceptors (Lipinski definition) is 1. The molecule has 33 heavy (non-hydrogen) atoms. The Morgan fingerprint density at radius 1 is 0.909 bits per heavy atom. The highest BCUT2D eigenvalue weighted by Crippen LogP contribution is 2.43. The molecule has 2 aliphatic carbocycles. The Kier molecular flexibility index (Phi) is 5.17. The van der Waals surface area contributed by atoms with Crippen LogP contribution in [-0.4, -0.2) is 23.9 Å². The van der Waals surface area contributed by atoms with Gasteiger partial charge in [0.05, 0.1) is 5.92 Å². The van der Waals surface area contributed by atoms with Gasteiger partial charge in [-0.25, -0.2) is 0 Å². The Labute approximate surface area is 196 Å². The van der Waals surface area contributed by atoms with E-state index < -0.39 is 0 Å². The summed E-state index contributed by atoms with van der Waals surface area (Å²) in [5.74, 6) is 0.935. The molecule has 1 heterocycles. The summed E-state index contributed by atoms with van der Waals surface area (Å²) in [5.41, 5.74) is 8.30. The van der Waals surface area contributed by atoms with Crippen LogP contribution < -0.4 is 0 Å². The van der Waals surface area contributed by atoms with Gasteiger partial charge in [0.1, 0.15) is 0 Å². The number of likely N-dealkylation sites (tertiary alicyclic amines) is 1. The van der Waals surface area contributed by atoms with Crippen LogP contribution in [0.25, 0.3) is 16.3 Å². The van der Waals surface area contributed by atoms with E-state index in [1.54, 1.807) is 0 Å². The van der Waals surface area contributed by atoms with Crippen molar-refractivity contribution in [3.8, 4) is 0 Å². The number of piperidine rings is 1. The number of aryl methyl sites for hydroxylation is 2. The third-order valence-corrected chi connectivity index (χ3v) is 8.13. The molecule has 166 valence electrons. The first kappa shape index (κ1) is 20.5. The van der Waals surface area contributed by atoms with Gasteiger partial charge in [-0.1, -0.05) is 72.8 Å². The number of hydrogen-bond donors (Lipinski definition) is 0. The monoisotopic (exact) mass is 433 g/mol. The molecule has 2 nitrogen and oxygen atoms in total. The van der Waals surface area contributed by atoms with E-state index in [0.29, 0.717) is 11.8 Å². The zero-order chi connectivity index (χ0) is 22.4. The number of carbonyl (C=O) groups is 1. The predicted molar refractivity (Wildman–Crippen MR) is 136 cm³/mol. The molecule has 0 aromatic heterocycles. The van der Waals surface area contributed by atoms with Gasteiger partial charge in [-0.2, -0.15) is 0 Å². The van der Waals surface area contributed by atoms with Crippen molar-refractivity contribution in [2.24, 2.45) is 5.92 Å². The lowest BCUT2D eigenvalue weighted by Crippen LogP contribution is -2.42. The van der Waals surface area contributed by atoms with Gasteiger partial charge in [-0.15, -0.1) is 0 Å². The van der Waals surface area contributed by atoms with Gasteiger partial charge in [0, 0.05) is 13.1 Å². The van der Waals surface area contributed by atoms with Gasteiger partial charge in [-0.3, -0.25) is 4.79 Å². The van der Waals surface area contributed by atoms with Crippen molar-refractivity contribution in [1.82, 2.24) is 4.90 Å². The van der Waals surface area contributed by atoms with E-state index in [9.17, 15) is 4.79 Å². The largest absolute Gasteiger partial charge is 0.342 e. The summed E-state index contributed by atoms with van der Waals surface area (Å²) in [6, 6.07) is 21.9. The van der Waals surface area contributed by atoms with Crippen molar-refractivity contribution < 1.29 is 4.79 Å². The summed E-state index contributed by atoms with van der Waals surface area (Å²) >= 11 is 0. The van der Waals surface area contributed by atoms with Gasteiger partial charge in [-0.05, 0) is 89.1 Å². The quantitative estimate of drug-likeness (QED) is 0.434. The number of fused-ring (bicyclic) bond motifs is 4. The van der Waals surface area contributed by atoms with Crippen molar-refractivity contribution in [2.75, 3.05) is 13.1 Å². The lowest BCUT2D eigenvalue weighted by Gasteiger charge is -2.37. The third-order valence-electron chi connectivity index (χ3n) is 8.13. The van der Waals surface area contributed by atoms with Gasteiger partial charge < -0.3 is 4.90 Å². The fourth-order valence-electron chi connectivity index (χ4n) is 6.37. The number of benzene rings is 3. The van der Waals surface area contributed by atoms with E-state index in [0.717, 1.165) is 45.2 Å². The molecule has 0 radical (unpaired) electrons. The van der Waals surface area contributed by atoms with Crippen molar-refractivity contribution in [2.45, 2.75) is 44.9 Å². The summed E-state index contributed by atoms with van der Waals surface area (Å²) < 4.78 is 0. The molecule has 3 aromatic carbocycles. The third kappa shape index (κ3) is 3.53. The molecule has 1 atom stereocenters. The molecular formula is C31H31NO. The first-order valence-corrected chi connectivity index (χ1v) is 12.5. The molecular weight excluding hydrogens is 402 g/mol. The topological polar surface area (TPSA) is 20.3 Å². The highest BCUT2D eigenvalue weighted by atomic mass is 16.2. The average molecular weight is 434 g/mol. The Morgan fingerprint density at radius 2 is 1.70 bits per heavy atom. The number of carbonyl (C=O) groups excluding carboxylic acids is 1. The SMILES string of the molecule is Cc1ccccc1C1CCN(C(=O)C2CC=CC3=C2CCc2c3ccc3ccccc23)CC1. The Morgan fingerprint density at radius 3 is 2.55 bits per heavy atom. The van der Waals surface area contributed by atoms with E-state index in [-0.39, 0.29) is 5.92 Å². The van der Waals surface area contributed by atoms with Crippen LogP contribution in [0.4, 0.5) is 0 Å².